The molecule has 0 aliphatic heterocycles. The van der Waals surface area contributed by atoms with Gasteiger partial charge in [0.1, 0.15) is 5.58 Å². The summed E-state index contributed by atoms with van der Waals surface area (Å²) < 4.78 is 11.0. The zero-order chi connectivity index (χ0) is 15.0. The summed E-state index contributed by atoms with van der Waals surface area (Å²) in [5, 5.41) is 14.9. The molecule has 5 heteroatoms. The normalized spacial score (nSPS) is 14.7. The molecule has 0 aliphatic rings. The van der Waals surface area contributed by atoms with E-state index >= 15 is 0 Å². The highest BCUT2D eigenvalue weighted by molar-refractivity contribution is 5.81. The number of para-hydroxylation sites is 1. The van der Waals surface area contributed by atoms with Gasteiger partial charge in [0, 0.05) is 5.39 Å². The highest BCUT2D eigenvalue weighted by Crippen LogP contribution is 2.30. The Morgan fingerprint density at radius 1 is 1.14 bits per heavy atom. The van der Waals surface area contributed by atoms with Crippen LogP contribution in [0, 0.1) is 5.92 Å². The van der Waals surface area contributed by atoms with Crippen molar-refractivity contribution in [1.29, 1.82) is 0 Å². The summed E-state index contributed by atoms with van der Waals surface area (Å²) >= 11 is 0. The summed E-state index contributed by atoms with van der Waals surface area (Å²) in [6, 6.07) is 9.62. The van der Waals surface area contributed by atoms with Crippen LogP contribution in [0.3, 0.4) is 0 Å². The Morgan fingerprint density at radius 2 is 1.90 bits per heavy atom. The third kappa shape index (κ3) is 2.56. The molecular formula is C16H18N2O3. The van der Waals surface area contributed by atoms with Gasteiger partial charge in [-0.15, -0.1) is 0 Å². The van der Waals surface area contributed by atoms with Crippen molar-refractivity contribution in [3.05, 3.63) is 36.2 Å². The largest absolute Gasteiger partial charge is 0.453 e. The molecule has 110 valence electrons. The number of rotatable bonds is 4. The van der Waals surface area contributed by atoms with Gasteiger partial charge in [-0.2, -0.15) is 4.98 Å². The number of aliphatic hydroxyl groups excluding tert-OH is 1. The van der Waals surface area contributed by atoms with Crippen molar-refractivity contribution in [2.75, 3.05) is 0 Å². The SMILES string of the molecule is CC(C)C(c1nc(-c2cc3ccccc3o2)no1)C(C)O. The number of hydrogen-bond acceptors (Lipinski definition) is 5. The molecule has 2 unspecified atom stereocenters. The second kappa shape index (κ2) is 5.33. The molecule has 2 aromatic heterocycles. The second-order valence-corrected chi connectivity index (χ2v) is 5.62. The minimum atomic E-state index is -0.547. The minimum absolute atomic E-state index is 0.185. The van der Waals surface area contributed by atoms with E-state index in [1.54, 1.807) is 6.92 Å². The highest BCUT2D eigenvalue weighted by atomic mass is 16.5. The molecule has 0 amide bonds. The number of furan rings is 1. The molecule has 1 aromatic carbocycles. The van der Waals surface area contributed by atoms with Crippen molar-refractivity contribution in [2.45, 2.75) is 32.8 Å². The van der Waals surface area contributed by atoms with Crippen LogP contribution in [0.4, 0.5) is 0 Å². The molecule has 0 aliphatic carbocycles. The Kier molecular flexibility index (Phi) is 3.51. The quantitative estimate of drug-likeness (QED) is 0.793. The fourth-order valence-corrected chi connectivity index (χ4v) is 2.61. The molecule has 0 radical (unpaired) electrons. The van der Waals surface area contributed by atoms with E-state index in [1.165, 1.54) is 0 Å². The summed E-state index contributed by atoms with van der Waals surface area (Å²) in [7, 11) is 0. The van der Waals surface area contributed by atoms with Gasteiger partial charge < -0.3 is 14.0 Å². The minimum Gasteiger partial charge on any atom is -0.453 e. The number of benzene rings is 1. The van der Waals surface area contributed by atoms with E-state index in [0.29, 0.717) is 17.5 Å². The zero-order valence-electron chi connectivity index (χ0n) is 12.3. The Hall–Kier alpha value is -2.14. The lowest BCUT2D eigenvalue weighted by Gasteiger charge is -2.19. The van der Waals surface area contributed by atoms with Gasteiger partial charge in [-0.05, 0) is 25.0 Å². The van der Waals surface area contributed by atoms with Gasteiger partial charge in [-0.1, -0.05) is 37.2 Å². The number of aromatic nitrogens is 2. The summed E-state index contributed by atoms with van der Waals surface area (Å²) in [4.78, 5) is 4.39. The standard InChI is InChI=1S/C16H18N2O3/c1-9(2)14(10(3)19)16-17-15(18-21-16)13-8-11-6-4-5-7-12(11)20-13/h4-10,14,19H,1-3H3. The number of aliphatic hydroxyl groups is 1. The van der Waals surface area contributed by atoms with E-state index < -0.39 is 6.10 Å². The van der Waals surface area contributed by atoms with Crippen molar-refractivity contribution in [1.82, 2.24) is 10.1 Å². The maximum absolute atomic E-state index is 9.88. The number of nitrogens with zero attached hydrogens (tertiary/aromatic N) is 2. The van der Waals surface area contributed by atoms with Crippen LogP contribution in [0.5, 0.6) is 0 Å². The lowest BCUT2D eigenvalue weighted by molar-refractivity contribution is 0.120. The first-order valence-corrected chi connectivity index (χ1v) is 7.07. The van der Waals surface area contributed by atoms with E-state index in [0.717, 1.165) is 11.0 Å². The van der Waals surface area contributed by atoms with Crippen LogP contribution in [-0.4, -0.2) is 21.4 Å². The first-order chi connectivity index (χ1) is 10.1. The molecule has 5 nitrogen and oxygen atoms in total. The molecule has 3 rings (SSSR count). The first-order valence-electron chi connectivity index (χ1n) is 7.07. The predicted octanol–water partition coefficient (Wildman–Crippen LogP) is 3.60. The first kappa shape index (κ1) is 13.8. The molecule has 2 atom stereocenters. The average Bonchev–Trinajstić information content (AvgIpc) is 3.03. The van der Waals surface area contributed by atoms with Crippen LogP contribution in [0.1, 0.15) is 32.6 Å². The highest BCUT2D eigenvalue weighted by Gasteiger charge is 2.27. The van der Waals surface area contributed by atoms with Gasteiger partial charge in [-0.25, -0.2) is 0 Å². The van der Waals surface area contributed by atoms with Crippen molar-refractivity contribution < 1.29 is 14.0 Å². The van der Waals surface area contributed by atoms with Crippen LogP contribution in [0.15, 0.2) is 39.3 Å². The van der Waals surface area contributed by atoms with Crippen molar-refractivity contribution in [3.8, 4) is 11.6 Å². The molecule has 0 bridgehead atoms. The molecule has 21 heavy (non-hydrogen) atoms. The maximum atomic E-state index is 9.88. The summed E-state index contributed by atoms with van der Waals surface area (Å²) in [6.07, 6.45) is -0.547. The van der Waals surface area contributed by atoms with Gasteiger partial charge >= 0.3 is 0 Å². The average molecular weight is 286 g/mol. The Morgan fingerprint density at radius 3 is 2.57 bits per heavy atom. The van der Waals surface area contributed by atoms with Crippen molar-refractivity contribution in [2.24, 2.45) is 5.92 Å². The lowest BCUT2D eigenvalue weighted by atomic mass is 9.91. The molecule has 0 fully saturated rings. The monoisotopic (exact) mass is 286 g/mol. The third-order valence-electron chi connectivity index (χ3n) is 3.61. The smallest absolute Gasteiger partial charge is 0.238 e. The van der Waals surface area contributed by atoms with Crippen molar-refractivity contribution in [3.63, 3.8) is 0 Å². The Balaban J connectivity index is 1.97. The molecule has 3 aromatic rings. The second-order valence-electron chi connectivity index (χ2n) is 5.62. The molecule has 0 saturated heterocycles. The van der Waals surface area contributed by atoms with E-state index in [4.69, 9.17) is 8.94 Å². The summed E-state index contributed by atoms with van der Waals surface area (Å²) in [5.74, 6) is 1.44. The van der Waals surface area contributed by atoms with Crippen LogP contribution >= 0.6 is 0 Å². The summed E-state index contributed by atoms with van der Waals surface area (Å²) in [6.45, 7) is 5.76. The van der Waals surface area contributed by atoms with Gasteiger partial charge in [0.25, 0.3) is 0 Å². The number of hydrogen-bond donors (Lipinski definition) is 1. The molecule has 1 N–H and O–H groups in total. The fourth-order valence-electron chi connectivity index (χ4n) is 2.61. The maximum Gasteiger partial charge on any atom is 0.238 e. The van der Waals surface area contributed by atoms with E-state index in [1.807, 2.05) is 44.2 Å². The van der Waals surface area contributed by atoms with E-state index in [2.05, 4.69) is 10.1 Å². The summed E-state index contributed by atoms with van der Waals surface area (Å²) in [5.41, 5.74) is 0.787. The van der Waals surface area contributed by atoms with Crippen LogP contribution in [-0.2, 0) is 0 Å². The van der Waals surface area contributed by atoms with Crippen LogP contribution in [0.2, 0.25) is 0 Å². The van der Waals surface area contributed by atoms with Crippen LogP contribution < -0.4 is 0 Å². The zero-order valence-corrected chi connectivity index (χ0v) is 12.3. The van der Waals surface area contributed by atoms with Crippen LogP contribution in [0.25, 0.3) is 22.6 Å². The Labute approximate surface area is 122 Å². The Bertz CT molecular complexity index is 702. The van der Waals surface area contributed by atoms with Gasteiger partial charge in [0.2, 0.25) is 11.7 Å². The third-order valence-corrected chi connectivity index (χ3v) is 3.61. The molecule has 0 saturated carbocycles. The van der Waals surface area contributed by atoms with E-state index in [9.17, 15) is 5.11 Å². The van der Waals surface area contributed by atoms with Gasteiger partial charge in [0.05, 0.1) is 12.0 Å². The lowest BCUT2D eigenvalue weighted by Crippen LogP contribution is -2.20. The molecular weight excluding hydrogens is 268 g/mol. The molecule has 0 spiro atoms. The molecule has 2 heterocycles. The van der Waals surface area contributed by atoms with Gasteiger partial charge in [0.15, 0.2) is 5.76 Å². The van der Waals surface area contributed by atoms with Gasteiger partial charge in [-0.3, -0.25) is 0 Å². The number of fused-ring (bicyclic) bond motifs is 1. The predicted molar refractivity (Wildman–Crippen MR) is 78.8 cm³/mol. The van der Waals surface area contributed by atoms with E-state index in [-0.39, 0.29) is 11.8 Å². The fraction of sp³-hybridized carbons (Fsp3) is 0.375. The topological polar surface area (TPSA) is 72.3 Å². The van der Waals surface area contributed by atoms with Crippen molar-refractivity contribution >= 4 is 11.0 Å².